The molecule has 0 bridgehead atoms. The summed E-state index contributed by atoms with van der Waals surface area (Å²) >= 11 is 11.7. The smallest absolute Gasteiger partial charge is 0.251 e. The second-order valence-corrected chi connectivity index (χ2v) is 4.59. The molecule has 1 aromatic carbocycles. The van der Waals surface area contributed by atoms with Crippen molar-refractivity contribution < 1.29 is 9.53 Å². The third kappa shape index (κ3) is 5.11. The van der Waals surface area contributed by atoms with Crippen molar-refractivity contribution >= 4 is 34.8 Å². The molecule has 1 amide bonds. The van der Waals surface area contributed by atoms with E-state index in [1.807, 2.05) is 0 Å². The van der Waals surface area contributed by atoms with Crippen LogP contribution in [0.5, 0.6) is 0 Å². The van der Waals surface area contributed by atoms with Crippen LogP contribution in [0.4, 0.5) is 5.69 Å². The van der Waals surface area contributed by atoms with Gasteiger partial charge in [0.15, 0.2) is 0 Å². The minimum atomic E-state index is -0.266. The van der Waals surface area contributed by atoms with Crippen molar-refractivity contribution in [2.75, 3.05) is 25.5 Å². The summed E-state index contributed by atoms with van der Waals surface area (Å²) in [5.41, 5.74) is 6.29. The summed E-state index contributed by atoms with van der Waals surface area (Å²) in [6.07, 6.45) is 2.56. The van der Waals surface area contributed by atoms with E-state index in [9.17, 15) is 4.79 Å². The van der Waals surface area contributed by atoms with Crippen LogP contribution in [0.15, 0.2) is 24.8 Å². The quantitative estimate of drug-likeness (QED) is 0.462. The van der Waals surface area contributed by atoms with Gasteiger partial charge in [-0.25, -0.2) is 0 Å². The molecule has 4 nitrogen and oxygen atoms in total. The second-order valence-electron chi connectivity index (χ2n) is 3.81. The lowest BCUT2D eigenvalue weighted by atomic mass is 10.2. The van der Waals surface area contributed by atoms with Crippen molar-refractivity contribution in [3.05, 3.63) is 40.4 Å². The highest BCUT2D eigenvalue weighted by Crippen LogP contribution is 2.29. The van der Waals surface area contributed by atoms with E-state index in [1.54, 1.807) is 6.08 Å². The van der Waals surface area contributed by atoms with Gasteiger partial charge in [-0.1, -0.05) is 29.3 Å². The minimum absolute atomic E-state index is 0.256. The standard InChI is InChI=1S/C13H16Cl2N2O2/c1-2-3-5-19-6-4-17-13(18)9-7-10(14)12(15)11(16)8-9/h2,7-8H,1,3-6,16H2,(H,17,18). The summed E-state index contributed by atoms with van der Waals surface area (Å²) in [6, 6.07) is 2.97. The highest BCUT2D eigenvalue weighted by Gasteiger charge is 2.10. The van der Waals surface area contributed by atoms with Gasteiger partial charge in [0.1, 0.15) is 0 Å². The molecule has 3 N–H and O–H groups in total. The van der Waals surface area contributed by atoms with Gasteiger partial charge in [0.05, 0.1) is 28.9 Å². The number of ether oxygens (including phenoxy) is 1. The molecule has 0 atom stereocenters. The lowest BCUT2D eigenvalue weighted by Crippen LogP contribution is -2.27. The van der Waals surface area contributed by atoms with Crippen molar-refractivity contribution in [3.63, 3.8) is 0 Å². The first kappa shape index (κ1) is 15.8. The number of rotatable bonds is 7. The number of nitrogens with two attached hydrogens (primary N) is 1. The molecule has 19 heavy (non-hydrogen) atoms. The highest BCUT2D eigenvalue weighted by atomic mass is 35.5. The molecule has 6 heteroatoms. The van der Waals surface area contributed by atoms with E-state index < -0.39 is 0 Å². The maximum atomic E-state index is 11.8. The number of nitrogens with one attached hydrogen (secondary N) is 1. The fourth-order valence-electron chi connectivity index (χ4n) is 1.35. The second kappa shape index (κ2) is 8.04. The van der Waals surface area contributed by atoms with Gasteiger partial charge in [-0.2, -0.15) is 0 Å². The Morgan fingerprint density at radius 3 is 2.79 bits per heavy atom. The summed E-state index contributed by atoms with van der Waals surface area (Å²) in [7, 11) is 0. The van der Waals surface area contributed by atoms with E-state index in [4.69, 9.17) is 33.7 Å². The first-order chi connectivity index (χ1) is 9.06. The molecule has 0 aromatic heterocycles. The Kier molecular flexibility index (Phi) is 6.70. The molecule has 0 aliphatic heterocycles. The van der Waals surface area contributed by atoms with Crippen LogP contribution in [0.25, 0.3) is 0 Å². The molecule has 0 saturated heterocycles. The van der Waals surface area contributed by atoms with E-state index >= 15 is 0 Å². The third-order valence-electron chi connectivity index (χ3n) is 2.32. The molecule has 0 unspecified atom stereocenters. The Morgan fingerprint density at radius 1 is 1.42 bits per heavy atom. The van der Waals surface area contributed by atoms with E-state index in [2.05, 4.69) is 11.9 Å². The normalized spacial score (nSPS) is 10.2. The molecule has 0 aliphatic carbocycles. The van der Waals surface area contributed by atoms with E-state index in [-0.39, 0.29) is 21.6 Å². The maximum absolute atomic E-state index is 11.8. The first-order valence-electron chi connectivity index (χ1n) is 5.77. The zero-order valence-electron chi connectivity index (χ0n) is 10.4. The fraction of sp³-hybridized carbons (Fsp3) is 0.308. The zero-order valence-corrected chi connectivity index (χ0v) is 11.9. The van der Waals surface area contributed by atoms with Crippen LogP contribution in [-0.4, -0.2) is 25.7 Å². The topological polar surface area (TPSA) is 64.3 Å². The third-order valence-corrected chi connectivity index (χ3v) is 3.13. The monoisotopic (exact) mass is 302 g/mol. The number of amides is 1. The summed E-state index contributed by atoms with van der Waals surface area (Å²) in [6.45, 7) is 5.04. The Bertz CT molecular complexity index is 441. The average molecular weight is 303 g/mol. The number of nitrogen functional groups attached to an aromatic ring is 1. The summed E-state index contributed by atoms with van der Waals surface area (Å²) in [5, 5.41) is 3.22. The van der Waals surface area contributed by atoms with Gasteiger partial charge in [-0.15, -0.1) is 6.58 Å². The minimum Gasteiger partial charge on any atom is -0.397 e. The molecule has 104 valence electrons. The molecule has 0 saturated carbocycles. The number of halogens is 2. The van der Waals surface area contributed by atoms with Crippen LogP contribution >= 0.6 is 23.2 Å². The Hall–Kier alpha value is -1.23. The van der Waals surface area contributed by atoms with E-state index in [0.29, 0.717) is 25.3 Å². The molecule has 1 aromatic rings. The highest BCUT2D eigenvalue weighted by molar-refractivity contribution is 6.43. The Labute approximate surface area is 122 Å². The maximum Gasteiger partial charge on any atom is 0.251 e. The van der Waals surface area contributed by atoms with Gasteiger partial charge in [0.25, 0.3) is 5.91 Å². The zero-order chi connectivity index (χ0) is 14.3. The molecule has 0 aliphatic rings. The van der Waals surface area contributed by atoms with E-state index in [1.165, 1.54) is 12.1 Å². The lowest BCUT2D eigenvalue weighted by molar-refractivity contribution is 0.0918. The fourth-order valence-corrected chi connectivity index (χ4v) is 1.68. The van der Waals surface area contributed by atoms with Crippen LogP contribution in [-0.2, 0) is 4.74 Å². The van der Waals surface area contributed by atoms with Crippen LogP contribution in [0, 0.1) is 0 Å². The SMILES string of the molecule is C=CCCOCCNC(=O)c1cc(N)c(Cl)c(Cl)c1. The number of hydrogen-bond donors (Lipinski definition) is 2. The van der Waals surface area contributed by atoms with Crippen LogP contribution in [0.3, 0.4) is 0 Å². The van der Waals surface area contributed by atoms with Gasteiger partial charge in [0, 0.05) is 12.1 Å². The molecule has 1 rings (SSSR count). The van der Waals surface area contributed by atoms with Crippen molar-refractivity contribution in [1.82, 2.24) is 5.32 Å². The van der Waals surface area contributed by atoms with Gasteiger partial charge in [-0.3, -0.25) is 4.79 Å². The van der Waals surface area contributed by atoms with Crippen LogP contribution < -0.4 is 11.1 Å². The molecule has 0 radical (unpaired) electrons. The summed E-state index contributed by atoms with van der Waals surface area (Å²) in [4.78, 5) is 11.8. The molecule has 0 spiro atoms. The number of hydrogen-bond acceptors (Lipinski definition) is 3. The first-order valence-corrected chi connectivity index (χ1v) is 6.53. The van der Waals surface area contributed by atoms with Crippen molar-refractivity contribution in [1.29, 1.82) is 0 Å². The molecule has 0 fully saturated rings. The van der Waals surface area contributed by atoms with Crippen LogP contribution in [0.2, 0.25) is 10.0 Å². The molecule has 0 heterocycles. The predicted molar refractivity (Wildman–Crippen MR) is 78.8 cm³/mol. The lowest BCUT2D eigenvalue weighted by Gasteiger charge is -2.08. The van der Waals surface area contributed by atoms with Crippen LogP contribution in [0.1, 0.15) is 16.8 Å². The van der Waals surface area contributed by atoms with Gasteiger partial charge >= 0.3 is 0 Å². The van der Waals surface area contributed by atoms with Crippen molar-refractivity contribution in [2.24, 2.45) is 0 Å². The van der Waals surface area contributed by atoms with Gasteiger partial charge in [-0.05, 0) is 18.6 Å². The summed E-state index contributed by atoms with van der Waals surface area (Å²) in [5.74, 6) is -0.266. The predicted octanol–water partition coefficient (Wildman–Crippen LogP) is 2.90. The number of benzene rings is 1. The number of carbonyl (C=O) groups is 1. The Balaban J connectivity index is 2.43. The van der Waals surface area contributed by atoms with Gasteiger partial charge < -0.3 is 15.8 Å². The Morgan fingerprint density at radius 2 is 2.16 bits per heavy atom. The number of anilines is 1. The number of carbonyl (C=O) groups excluding carboxylic acids is 1. The largest absolute Gasteiger partial charge is 0.397 e. The van der Waals surface area contributed by atoms with Crippen molar-refractivity contribution in [3.8, 4) is 0 Å². The molecular formula is C13H16Cl2N2O2. The van der Waals surface area contributed by atoms with Crippen molar-refractivity contribution in [2.45, 2.75) is 6.42 Å². The van der Waals surface area contributed by atoms with Gasteiger partial charge in [0.2, 0.25) is 0 Å². The summed E-state index contributed by atoms with van der Waals surface area (Å²) < 4.78 is 5.27. The molecular weight excluding hydrogens is 287 g/mol. The van der Waals surface area contributed by atoms with E-state index in [0.717, 1.165) is 6.42 Å². The average Bonchev–Trinajstić information content (AvgIpc) is 2.39.